The maximum Gasteiger partial charge on any atom is 0.192 e. The summed E-state index contributed by atoms with van der Waals surface area (Å²) in [6, 6.07) is 12.8. The van der Waals surface area contributed by atoms with Crippen molar-refractivity contribution in [2.24, 2.45) is 0 Å². The molecule has 0 aromatic heterocycles. The van der Waals surface area contributed by atoms with Crippen molar-refractivity contribution in [1.82, 2.24) is 0 Å². The zero-order chi connectivity index (χ0) is 18.2. The van der Waals surface area contributed by atoms with Crippen molar-refractivity contribution in [3.05, 3.63) is 42.5 Å². The van der Waals surface area contributed by atoms with Crippen molar-refractivity contribution >= 4 is 5.69 Å². The Kier molecular flexibility index (Phi) is 6.57. The van der Waals surface area contributed by atoms with Crippen LogP contribution in [-0.4, -0.2) is 33.2 Å². The average Bonchev–Trinajstić information content (AvgIpc) is 2.68. The third-order valence-electron chi connectivity index (χ3n) is 4.07. The number of hydrogen-bond acceptors (Lipinski definition) is 6. The highest BCUT2D eigenvalue weighted by Gasteiger charge is 2.15. The number of hydrogen-bond donors (Lipinski definition) is 1. The third-order valence-corrected chi connectivity index (χ3v) is 4.07. The van der Waals surface area contributed by atoms with Gasteiger partial charge in [0.05, 0.1) is 19.4 Å². The van der Waals surface area contributed by atoms with Crippen LogP contribution in [0.5, 0.6) is 23.0 Å². The van der Waals surface area contributed by atoms with E-state index in [1.54, 1.807) is 13.2 Å². The van der Waals surface area contributed by atoms with Gasteiger partial charge in [-0.05, 0) is 43.5 Å². The summed E-state index contributed by atoms with van der Waals surface area (Å²) < 4.78 is 28.4. The Morgan fingerprint density at radius 2 is 1.81 bits per heavy atom. The molecule has 0 bridgehead atoms. The predicted octanol–water partition coefficient (Wildman–Crippen LogP) is 3.99. The van der Waals surface area contributed by atoms with E-state index < -0.39 is 0 Å². The molecule has 3 rings (SSSR count). The summed E-state index contributed by atoms with van der Waals surface area (Å²) in [4.78, 5) is 0. The van der Waals surface area contributed by atoms with Gasteiger partial charge in [0.25, 0.3) is 0 Å². The lowest BCUT2D eigenvalue weighted by molar-refractivity contribution is -0.165. The number of benzene rings is 2. The normalized spacial score (nSPS) is 16.9. The minimum absolute atomic E-state index is 0.127. The van der Waals surface area contributed by atoms with Crippen LogP contribution in [0.25, 0.3) is 0 Å². The Bertz CT molecular complexity index is 700. The molecule has 6 heteroatoms. The van der Waals surface area contributed by atoms with Gasteiger partial charge < -0.3 is 29.4 Å². The van der Waals surface area contributed by atoms with E-state index in [9.17, 15) is 0 Å². The second kappa shape index (κ2) is 9.31. The van der Waals surface area contributed by atoms with Crippen LogP contribution in [0.3, 0.4) is 0 Å². The van der Waals surface area contributed by atoms with Gasteiger partial charge in [0.1, 0.15) is 6.61 Å². The summed E-state index contributed by atoms with van der Waals surface area (Å²) in [5, 5.41) is 0. The van der Waals surface area contributed by atoms with Crippen molar-refractivity contribution < 1.29 is 23.7 Å². The number of anilines is 1. The molecule has 140 valence electrons. The molecule has 0 saturated carbocycles. The molecule has 1 unspecified atom stereocenters. The minimum Gasteiger partial charge on any atom is -0.493 e. The van der Waals surface area contributed by atoms with E-state index >= 15 is 0 Å². The standard InChI is InChI=1S/C20H25NO5/c1-22-16-8-2-3-9-17(16)26-20-15(21)7-6-10-18(20)23-13-14-25-19-11-4-5-12-24-19/h2-3,6-10,19H,4-5,11-14,21H2,1H3. The Morgan fingerprint density at radius 1 is 1.00 bits per heavy atom. The Balaban J connectivity index is 1.61. The fourth-order valence-corrected chi connectivity index (χ4v) is 2.74. The second-order valence-electron chi connectivity index (χ2n) is 5.94. The van der Waals surface area contributed by atoms with Crippen LogP contribution in [0.15, 0.2) is 42.5 Å². The molecule has 26 heavy (non-hydrogen) atoms. The summed E-state index contributed by atoms with van der Waals surface area (Å²) in [5.74, 6) is 2.22. The van der Waals surface area contributed by atoms with Crippen LogP contribution >= 0.6 is 0 Å². The largest absolute Gasteiger partial charge is 0.493 e. The second-order valence-corrected chi connectivity index (χ2v) is 5.94. The zero-order valence-corrected chi connectivity index (χ0v) is 15.0. The van der Waals surface area contributed by atoms with E-state index in [2.05, 4.69) is 0 Å². The summed E-state index contributed by atoms with van der Waals surface area (Å²) in [7, 11) is 1.60. The molecule has 6 nitrogen and oxygen atoms in total. The summed E-state index contributed by atoms with van der Waals surface area (Å²) in [5.41, 5.74) is 6.58. The fourth-order valence-electron chi connectivity index (χ4n) is 2.74. The topological polar surface area (TPSA) is 72.2 Å². The molecule has 1 fully saturated rings. The van der Waals surface area contributed by atoms with Crippen LogP contribution < -0.4 is 19.9 Å². The van der Waals surface area contributed by atoms with Gasteiger partial charge >= 0.3 is 0 Å². The summed E-state index contributed by atoms with van der Waals surface area (Å²) in [6.07, 6.45) is 3.04. The van der Waals surface area contributed by atoms with E-state index in [1.165, 1.54) is 0 Å². The molecule has 2 N–H and O–H groups in total. The molecule has 1 heterocycles. The molecular weight excluding hydrogens is 334 g/mol. The molecular formula is C20H25NO5. The highest BCUT2D eigenvalue weighted by atomic mass is 16.7. The fraction of sp³-hybridized carbons (Fsp3) is 0.400. The van der Waals surface area contributed by atoms with Crippen LogP contribution in [-0.2, 0) is 9.47 Å². The average molecular weight is 359 g/mol. The highest BCUT2D eigenvalue weighted by molar-refractivity contribution is 5.62. The van der Waals surface area contributed by atoms with E-state index in [-0.39, 0.29) is 6.29 Å². The van der Waals surface area contributed by atoms with Crippen LogP contribution in [0.2, 0.25) is 0 Å². The van der Waals surface area contributed by atoms with E-state index in [0.717, 1.165) is 25.9 Å². The maximum atomic E-state index is 6.08. The molecule has 2 aromatic carbocycles. The Morgan fingerprint density at radius 3 is 2.58 bits per heavy atom. The number of nitrogens with two attached hydrogens (primary N) is 1. The van der Waals surface area contributed by atoms with E-state index in [4.69, 9.17) is 29.4 Å². The smallest absolute Gasteiger partial charge is 0.192 e. The van der Waals surface area contributed by atoms with Crippen molar-refractivity contribution in [3.8, 4) is 23.0 Å². The van der Waals surface area contributed by atoms with Crippen LogP contribution in [0.1, 0.15) is 19.3 Å². The molecule has 2 aromatic rings. The van der Waals surface area contributed by atoms with Gasteiger partial charge in [0.15, 0.2) is 29.3 Å². The van der Waals surface area contributed by atoms with E-state index in [0.29, 0.717) is 41.9 Å². The van der Waals surface area contributed by atoms with Gasteiger partial charge in [-0.1, -0.05) is 18.2 Å². The highest BCUT2D eigenvalue weighted by Crippen LogP contribution is 2.40. The lowest BCUT2D eigenvalue weighted by Gasteiger charge is -2.22. The predicted molar refractivity (Wildman–Crippen MR) is 99.0 cm³/mol. The first-order valence-corrected chi connectivity index (χ1v) is 8.83. The van der Waals surface area contributed by atoms with Gasteiger partial charge in [-0.15, -0.1) is 0 Å². The van der Waals surface area contributed by atoms with Crippen molar-refractivity contribution in [3.63, 3.8) is 0 Å². The number of para-hydroxylation sites is 3. The van der Waals surface area contributed by atoms with Gasteiger partial charge in [-0.25, -0.2) is 0 Å². The maximum absolute atomic E-state index is 6.08. The zero-order valence-electron chi connectivity index (χ0n) is 15.0. The molecule has 1 saturated heterocycles. The van der Waals surface area contributed by atoms with Crippen LogP contribution in [0.4, 0.5) is 5.69 Å². The molecule has 1 aliphatic rings. The third kappa shape index (κ3) is 4.80. The van der Waals surface area contributed by atoms with Crippen molar-refractivity contribution in [2.45, 2.75) is 25.6 Å². The van der Waals surface area contributed by atoms with Gasteiger partial charge in [0.2, 0.25) is 0 Å². The van der Waals surface area contributed by atoms with Crippen molar-refractivity contribution in [1.29, 1.82) is 0 Å². The van der Waals surface area contributed by atoms with Crippen molar-refractivity contribution in [2.75, 3.05) is 32.7 Å². The molecule has 1 aliphatic heterocycles. The van der Waals surface area contributed by atoms with Crippen LogP contribution in [0, 0.1) is 0 Å². The Hall–Kier alpha value is -2.44. The van der Waals surface area contributed by atoms with Gasteiger partial charge in [0, 0.05) is 6.61 Å². The quantitative estimate of drug-likeness (QED) is 0.567. The molecule has 0 aliphatic carbocycles. The molecule has 0 radical (unpaired) electrons. The van der Waals surface area contributed by atoms with Gasteiger partial charge in [-0.3, -0.25) is 0 Å². The minimum atomic E-state index is -0.127. The lowest BCUT2D eigenvalue weighted by atomic mass is 10.2. The first-order valence-electron chi connectivity index (χ1n) is 8.83. The number of rotatable bonds is 8. The summed E-state index contributed by atoms with van der Waals surface area (Å²) in [6.45, 7) is 1.58. The molecule has 0 spiro atoms. The number of methoxy groups -OCH3 is 1. The first kappa shape index (κ1) is 18.4. The first-order chi connectivity index (χ1) is 12.8. The summed E-state index contributed by atoms with van der Waals surface area (Å²) >= 11 is 0. The SMILES string of the molecule is COc1ccccc1Oc1c(N)cccc1OCCOC1CCCCO1. The van der Waals surface area contributed by atoms with E-state index in [1.807, 2.05) is 36.4 Å². The Labute approximate surface area is 153 Å². The molecule has 1 atom stereocenters. The molecule has 0 amide bonds. The number of ether oxygens (including phenoxy) is 5. The lowest BCUT2D eigenvalue weighted by Crippen LogP contribution is -2.24. The monoisotopic (exact) mass is 359 g/mol. The van der Waals surface area contributed by atoms with Gasteiger partial charge in [-0.2, -0.15) is 0 Å². The number of nitrogen functional groups attached to an aromatic ring is 1.